The summed E-state index contributed by atoms with van der Waals surface area (Å²) < 4.78 is 21.3. The van der Waals surface area contributed by atoms with Crippen molar-refractivity contribution < 1.29 is 23.5 Å². The van der Waals surface area contributed by atoms with Gasteiger partial charge in [0.1, 0.15) is 17.6 Å². The van der Waals surface area contributed by atoms with Crippen molar-refractivity contribution in [3.63, 3.8) is 0 Å². The van der Waals surface area contributed by atoms with E-state index < -0.39 is 17.8 Å². The maximum Gasteiger partial charge on any atom is 0.255 e. The molecule has 1 atom stereocenters. The van der Waals surface area contributed by atoms with E-state index in [2.05, 4.69) is 10.3 Å². The van der Waals surface area contributed by atoms with E-state index >= 15 is 0 Å². The molecule has 2 aliphatic heterocycles. The molecule has 0 aliphatic carbocycles. The largest absolute Gasteiger partial charge is 0.496 e. The number of ether oxygens (including phenoxy) is 1. The molecule has 0 spiro atoms. The van der Waals surface area contributed by atoms with Crippen molar-refractivity contribution in [3.8, 4) is 28.3 Å². The molecule has 9 heteroatoms. The standard InChI is InChI=1S/C24H21FN4O4/c1-28-12-26-21(22(28)17-10-15(25)4-7-19(17)33-2)13-3-5-16-14(9-13)11-29(24(16)32)18-6-8-20(30)27-23(18)31/h3-5,7,9-10,12,18H,6,8,11H2,1-2H3,(H,27,30,31). The number of amides is 3. The Bertz CT molecular complexity index is 1320. The molecule has 3 amide bonds. The van der Waals surface area contributed by atoms with E-state index in [1.807, 2.05) is 13.1 Å². The number of carbonyl (C=O) groups excluding carboxylic acids is 3. The molecule has 3 aromatic rings. The van der Waals surface area contributed by atoms with Gasteiger partial charge < -0.3 is 14.2 Å². The number of imidazole rings is 1. The predicted molar refractivity (Wildman–Crippen MR) is 117 cm³/mol. The Balaban J connectivity index is 1.52. The average molecular weight is 448 g/mol. The minimum atomic E-state index is -0.673. The molecular formula is C24H21FN4O4. The first-order valence-corrected chi connectivity index (χ1v) is 10.5. The van der Waals surface area contributed by atoms with Crippen LogP contribution in [0.4, 0.5) is 4.39 Å². The minimum Gasteiger partial charge on any atom is -0.496 e. The van der Waals surface area contributed by atoms with Gasteiger partial charge in [0, 0.05) is 36.7 Å². The molecule has 0 radical (unpaired) electrons. The number of hydrogen-bond acceptors (Lipinski definition) is 5. The summed E-state index contributed by atoms with van der Waals surface area (Å²) in [5.74, 6) is -0.880. The Kier molecular flexibility index (Phi) is 4.96. The second kappa shape index (κ2) is 7.84. The number of nitrogens with one attached hydrogen (secondary N) is 1. The highest BCUT2D eigenvalue weighted by Crippen LogP contribution is 2.38. The second-order valence-electron chi connectivity index (χ2n) is 8.17. The van der Waals surface area contributed by atoms with Gasteiger partial charge in [-0.1, -0.05) is 6.07 Å². The molecule has 1 fully saturated rings. The lowest BCUT2D eigenvalue weighted by atomic mass is 10.00. The van der Waals surface area contributed by atoms with Crippen LogP contribution in [-0.4, -0.2) is 45.3 Å². The Labute approximate surface area is 189 Å². The summed E-state index contributed by atoms with van der Waals surface area (Å²) in [6.45, 7) is 0.264. The molecule has 1 aromatic heterocycles. The zero-order chi connectivity index (χ0) is 23.3. The van der Waals surface area contributed by atoms with E-state index in [0.29, 0.717) is 34.7 Å². The third kappa shape index (κ3) is 3.45. The number of carbonyl (C=O) groups is 3. The van der Waals surface area contributed by atoms with Crippen LogP contribution in [0.25, 0.3) is 22.5 Å². The van der Waals surface area contributed by atoms with Crippen LogP contribution in [-0.2, 0) is 23.2 Å². The summed E-state index contributed by atoms with van der Waals surface area (Å²) in [4.78, 5) is 42.8. The SMILES string of the molecule is COc1ccc(F)cc1-c1c(-c2ccc3c(c2)CN(C2CCC(=O)NC2=O)C3=O)ncn1C. The smallest absolute Gasteiger partial charge is 0.255 e. The summed E-state index contributed by atoms with van der Waals surface area (Å²) in [5, 5.41) is 2.31. The maximum atomic E-state index is 14.1. The highest BCUT2D eigenvalue weighted by Gasteiger charge is 2.39. The monoisotopic (exact) mass is 448 g/mol. The lowest BCUT2D eigenvalue weighted by Crippen LogP contribution is -2.52. The number of benzene rings is 2. The molecule has 1 unspecified atom stereocenters. The van der Waals surface area contributed by atoms with Crippen molar-refractivity contribution in [3.05, 3.63) is 59.7 Å². The molecule has 2 aliphatic rings. The molecule has 0 saturated carbocycles. The van der Waals surface area contributed by atoms with Crippen molar-refractivity contribution in [1.82, 2.24) is 19.8 Å². The van der Waals surface area contributed by atoms with Crippen LogP contribution in [0, 0.1) is 5.82 Å². The molecule has 2 aromatic carbocycles. The van der Waals surface area contributed by atoms with Gasteiger partial charge in [-0.3, -0.25) is 19.7 Å². The topological polar surface area (TPSA) is 93.5 Å². The molecule has 33 heavy (non-hydrogen) atoms. The molecule has 3 heterocycles. The van der Waals surface area contributed by atoms with Gasteiger partial charge in [0.05, 0.1) is 24.8 Å². The molecule has 5 rings (SSSR count). The molecular weight excluding hydrogens is 427 g/mol. The number of aryl methyl sites for hydroxylation is 1. The molecule has 1 saturated heterocycles. The van der Waals surface area contributed by atoms with Crippen LogP contribution in [0.2, 0.25) is 0 Å². The summed E-state index contributed by atoms with van der Waals surface area (Å²) in [5.41, 5.74) is 3.91. The van der Waals surface area contributed by atoms with E-state index in [9.17, 15) is 18.8 Å². The van der Waals surface area contributed by atoms with Crippen molar-refractivity contribution in [2.24, 2.45) is 7.05 Å². The summed E-state index contributed by atoms with van der Waals surface area (Å²) >= 11 is 0. The van der Waals surface area contributed by atoms with Crippen LogP contribution in [0.1, 0.15) is 28.8 Å². The van der Waals surface area contributed by atoms with Gasteiger partial charge >= 0.3 is 0 Å². The van der Waals surface area contributed by atoms with Crippen LogP contribution in [0.15, 0.2) is 42.7 Å². The quantitative estimate of drug-likeness (QED) is 0.620. The lowest BCUT2D eigenvalue weighted by molar-refractivity contribution is -0.136. The third-order valence-electron chi connectivity index (χ3n) is 6.15. The lowest BCUT2D eigenvalue weighted by Gasteiger charge is -2.29. The first-order chi connectivity index (χ1) is 15.9. The number of nitrogens with zero attached hydrogens (tertiary/aromatic N) is 3. The van der Waals surface area contributed by atoms with E-state index in [-0.39, 0.29) is 24.8 Å². The Morgan fingerprint density at radius 3 is 2.70 bits per heavy atom. The number of imide groups is 1. The molecule has 168 valence electrons. The number of halogens is 1. The number of rotatable bonds is 4. The number of aromatic nitrogens is 2. The van der Waals surface area contributed by atoms with Gasteiger partial charge in [-0.15, -0.1) is 0 Å². The summed E-state index contributed by atoms with van der Waals surface area (Å²) in [6.07, 6.45) is 2.15. The zero-order valence-corrected chi connectivity index (χ0v) is 18.1. The number of hydrogen-bond donors (Lipinski definition) is 1. The van der Waals surface area contributed by atoms with Crippen molar-refractivity contribution >= 4 is 17.7 Å². The number of fused-ring (bicyclic) bond motifs is 1. The van der Waals surface area contributed by atoms with Gasteiger partial charge in [0.15, 0.2) is 0 Å². The van der Waals surface area contributed by atoms with Gasteiger partial charge in [-0.2, -0.15) is 0 Å². The first kappa shape index (κ1) is 20.9. The van der Waals surface area contributed by atoms with Crippen LogP contribution in [0.3, 0.4) is 0 Å². The number of methoxy groups -OCH3 is 1. The van der Waals surface area contributed by atoms with Crippen molar-refractivity contribution in [1.29, 1.82) is 0 Å². The van der Waals surface area contributed by atoms with E-state index in [4.69, 9.17) is 4.74 Å². The van der Waals surface area contributed by atoms with Crippen LogP contribution >= 0.6 is 0 Å². The normalized spacial score (nSPS) is 17.8. The van der Waals surface area contributed by atoms with Crippen molar-refractivity contribution in [2.75, 3.05) is 7.11 Å². The van der Waals surface area contributed by atoms with E-state index in [1.54, 1.807) is 29.1 Å². The van der Waals surface area contributed by atoms with Gasteiger partial charge in [-0.25, -0.2) is 9.37 Å². The molecule has 8 nitrogen and oxygen atoms in total. The average Bonchev–Trinajstić information content (AvgIpc) is 3.33. The minimum absolute atomic E-state index is 0.203. The van der Waals surface area contributed by atoms with Crippen molar-refractivity contribution in [2.45, 2.75) is 25.4 Å². The maximum absolute atomic E-state index is 14.1. The molecule has 0 bridgehead atoms. The Hall–Kier alpha value is -4.01. The van der Waals surface area contributed by atoms with Crippen LogP contribution < -0.4 is 10.1 Å². The highest BCUT2D eigenvalue weighted by molar-refractivity contribution is 6.05. The molecule has 1 N–H and O–H groups in total. The first-order valence-electron chi connectivity index (χ1n) is 10.5. The third-order valence-corrected chi connectivity index (χ3v) is 6.15. The van der Waals surface area contributed by atoms with E-state index in [1.165, 1.54) is 24.1 Å². The fraction of sp³-hybridized carbons (Fsp3) is 0.250. The van der Waals surface area contributed by atoms with E-state index in [0.717, 1.165) is 11.1 Å². The fourth-order valence-electron chi connectivity index (χ4n) is 4.55. The summed E-state index contributed by atoms with van der Waals surface area (Å²) in [6, 6.07) is 9.03. The fourth-order valence-corrected chi connectivity index (χ4v) is 4.55. The number of piperidine rings is 1. The van der Waals surface area contributed by atoms with Crippen LogP contribution in [0.5, 0.6) is 5.75 Å². The second-order valence-corrected chi connectivity index (χ2v) is 8.17. The zero-order valence-electron chi connectivity index (χ0n) is 18.1. The Morgan fingerprint density at radius 2 is 1.94 bits per heavy atom. The highest BCUT2D eigenvalue weighted by atomic mass is 19.1. The van der Waals surface area contributed by atoms with Gasteiger partial charge in [-0.05, 0) is 42.3 Å². The van der Waals surface area contributed by atoms with Gasteiger partial charge in [0.25, 0.3) is 5.91 Å². The Morgan fingerprint density at radius 1 is 1.12 bits per heavy atom. The predicted octanol–water partition coefficient (Wildman–Crippen LogP) is 2.66. The summed E-state index contributed by atoms with van der Waals surface area (Å²) in [7, 11) is 3.34. The van der Waals surface area contributed by atoms with Gasteiger partial charge in [0.2, 0.25) is 11.8 Å².